The van der Waals surface area contributed by atoms with E-state index < -0.39 is 11.9 Å². The molecule has 3 amide bonds. The Labute approximate surface area is 194 Å². The molecular weight excluding hydrogens is 422 g/mol. The molecule has 0 aromatic heterocycles. The Morgan fingerprint density at radius 2 is 1.94 bits per heavy atom. The molecule has 0 spiro atoms. The molecule has 2 aliphatic rings. The lowest BCUT2D eigenvalue weighted by Gasteiger charge is -2.31. The number of nitrogens with zero attached hydrogens (tertiary/aromatic N) is 1. The second-order valence-electron chi connectivity index (χ2n) is 10.2. The van der Waals surface area contributed by atoms with Crippen LogP contribution in [0.15, 0.2) is 24.3 Å². The molecule has 9 nitrogen and oxygen atoms in total. The van der Waals surface area contributed by atoms with Gasteiger partial charge in [0.15, 0.2) is 0 Å². The van der Waals surface area contributed by atoms with Gasteiger partial charge < -0.3 is 26.0 Å². The van der Waals surface area contributed by atoms with Crippen LogP contribution in [0.2, 0.25) is 0 Å². The largest absolute Gasteiger partial charge is 0.383 e. The van der Waals surface area contributed by atoms with Crippen LogP contribution in [0, 0.1) is 16.7 Å². The molecule has 2 fully saturated rings. The number of para-hydroxylation sites is 1. The minimum Gasteiger partial charge on any atom is -0.383 e. The van der Waals surface area contributed by atoms with Gasteiger partial charge in [-0.2, -0.15) is 0 Å². The third-order valence-corrected chi connectivity index (χ3v) is 6.14. The van der Waals surface area contributed by atoms with Crippen LogP contribution in [-0.4, -0.2) is 66.7 Å². The van der Waals surface area contributed by atoms with Crippen LogP contribution in [0.1, 0.15) is 45.6 Å². The fourth-order valence-corrected chi connectivity index (χ4v) is 4.69. The summed E-state index contributed by atoms with van der Waals surface area (Å²) < 4.78 is 5.30. The Hall–Kier alpha value is -2.94. The molecule has 5 N–H and O–H groups in total. The average molecular weight is 458 g/mol. The lowest BCUT2D eigenvalue weighted by molar-refractivity contribution is -0.139. The zero-order valence-electron chi connectivity index (χ0n) is 19.8. The summed E-state index contributed by atoms with van der Waals surface area (Å²) in [6.45, 7) is 6.72. The molecule has 4 atom stereocenters. The molecule has 180 valence electrons. The number of fused-ring (bicyclic) bond motifs is 1. The fourth-order valence-electron chi connectivity index (χ4n) is 4.69. The van der Waals surface area contributed by atoms with Gasteiger partial charge in [0, 0.05) is 24.4 Å². The van der Waals surface area contributed by atoms with Crippen LogP contribution >= 0.6 is 0 Å². The number of piperidine rings is 1. The van der Waals surface area contributed by atoms with E-state index >= 15 is 0 Å². The predicted molar refractivity (Wildman–Crippen MR) is 126 cm³/mol. The first kappa shape index (κ1) is 24.7. The van der Waals surface area contributed by atoms with E-state index in [1.165, 1.54) is 0 Å². The van der Waals surface area contributed by atoms with Gasteiger partial charge in [-0.25, -0.2) is 0 Å². The summed E-state index contributed by atoms with van der Waals surface area (Å²) in [7, 11) is 1.61. The quantitative estimate of drug-likeness (QED) is 0.395. The number of anilines is 1. The highest BCUT2D eigenvalue weighted by atomic mass is 16.5. The van der Waals surface area contributed by atoms with Crippen molar-refractivity contribution in [1.29, 1.82) is 5.41 Å². The van der Waals surface area contributed by atoms with E-state index in [1.54, 1.807) is 36.3 Å². The maximum atomic E-state index is 13.1. The van der Waals surface area contributed by atoms with Crippen molar-refractivity contribution in [1.82, 2.24) is 10.2 Å². The highest BCUT2D eigenvalue weighted by Crippen LogP contribution is 2.48. The van der Waals surface area contributed by atoms with Crippen LogP contribution in [-0.2, 0) is 19.1 Å². The number of carbonyl (C=O) groups is 3. The summed E-state index contributed by atoms with van der Waals surface area (Å²) >= 11 is 0. The zero-order chi connectivity index (χ0) is 24.3. The molecule has 3 rings (SSSR count). The van der Waals surface area contributed by atoms with E-state index in [0.717, 1.165) is 12.8 Å². The van der Waals surface area contributed by atoms with Crippen molar-refractivity contribution in [3.05, 3.63) is 29.8 Å². The van der Waals surface area contributed by atoms with Crippen molar-refractivity contribution in [2.45, 2.75) is 58.2 Å². The Morgan fingerprint density at radius 3 is 2.58 bits per heavy atom. The lowest BCUT2D eigenvalue weighted by atomic mass is 9.88. The Kier molecular flexibility index (Phi) is 7.41. The summed E-state index contributed by atoms with van der Waals surface area (Å²) in [5.74, 6) is -0.797. The Balaban J connectivity index is 1.66. The Bertz CT molecular complexity index is 926. The van der Waals surface area contributed by atoms with Gasteiger partial charge in [-0.3, -0.25) is 19.8 Å². The molecule has 33 heavy (non-hydrogen) atoms. The van der Waals surface area contributed by atoms with Crippen molar-refractivity contribution in [2.75, 3.05) is 25.6 Å². The smallest absolute Gasteiger partial charge is 0.267 e. The molecule has 1 aliphatic carbocycles. The van der Waals surface area contributed by atoms with Gasteiger partial charge in [-0.1, -0.05) is 39.0 Å². The maximum absolute atomic E-state index is 13.1. The van der Waals surface area contributed by atoms with Crippen LogP contribution in [0.25, 0.3) is 0 Å². The molecule has 9 heteroatoms. The van der Waals surface area contributed by atoms with Gasteiger partial charge in [0.05, 0.1) is 19.2 Å². The summed E-state index contributed by atoms with van der Waals surface area (Å²) in [5, 5.41) is 14.0. The normalized spacial score (nSPS) is 22.3. The monoisotopic (exact) mass is 457 g/mol. The van der Waals surface area contributed by atoms with Crippen LogP contribution in [0.3, 0.4) is 0 Å². The number of benzene rings is 1. The second kappa shape index (κ2) is 9.91. The number of methoxy groups -OCH3 is 1. The minimum absolute atomic E-state index is 0.0275. The highest BCUT2D eigenvalue weighted by Gasteiger charge is 2.56. The number of amides is 3. The standard InChI is InChI=1S/C24H35N5O4/c1-24(2,3)11-15(13-33-4)28-23(32)19-10-14-9-18(14)29(19)20(30)12-27-17-8-6-5-7-16(17)21(25)22(26)31/h5-8,14-15,18-19,25,27H,9-13H2,1-4H3,(H2,26,31)(H,28,32)/t14-,15+,18-,19+/m1/s1. The van der Waals surface area contributed by atoms with Crippen LogP contribution < -0.4 is 16.4 Å². The van der Waals surface area contributed by atoms with E-state index in [-0.39, 0.29) is 41.6 Å². The van der Waals surface area contributed by atoms with E-state index in [0.29, 0.717) is 30.2 Å². The van der Waals surface area contributed by atoms with Crippen LogP contribution in [0.4, 0.5) is 5.69 Å². The first-order chi connectivity index (χ1) is 15.5. The first-order valence-electron chi connectivity index (χ1n) is 11.3. The van der Waals surface area contributed by atoms with Crippen molar-refractivity contribution >= 4 is 29.1 Å². The van der Waals surface area contributed by atoms with Crippen molar-refractivity contribution < 1.29 is 19.1 Å². The van der Waals surface area contributed by atoms with Crippen molar-refractivity contribution in [3.8, 4) is 0 Å². The molecule has 1 aromatic carbocycles. The molecule has 1 aliphatic heterocycles. The zero-order valence-corrected chi connectivity index (χ0v) is 19.8. The topological polar surface area (TPSA) is 138 Å². The van der Waals surface area contributed by atoms with E-state index in [1.807, 2.05) is 0 Å². The molecule has 1 saturated heterocycles. The fraction of sp³-hybridized carbons (Fsp3) is 0.583. The minimum atomic E-state index is -0.839. The highest BCUT2D eigenvalue weighted by molar-refractivity contribution is 6.44. The number of likely N-dealkylation sites (tertiary alicyclic amines) is 1. The molecule has 1 aromatic rings. The average Bonchev–Trinajstić information content (AvgIpc) is 3.39. The van der Waals surface area contributed by atoms with Gasteiger partial charge in [0.25, 0.3) is 5.91 Å². The number of carbonyl (C=O) groups excluding carboxylic acids is 3. The van der Waals surface area contributed by atoms with E-state index in [4.69, 9.17) is 15.9 Å². The summed E-state index contributed by atoms with van der Waals surface area (Å²) in [6.07, 6.45) is 2.35. The summed E-state index contributed by atoms with van der Waals surface area (Å²) in [6, 6.07) is 6.22. The number of nitrogens with two attached hydrogens (primary N) is 1. The molecule has 0 unspecified atom stereocenters. The molecular formula is C24H35N5O4. The van der Waals surface area contributed by atoms with Crippen molar-refractivity contribution in [2.24, 2.45) is 17.1 Å². The van der Waals surface area contributed by atoms with Gasteiger partial charge in [0.1, 0.15) is 11.8 Å². The molecule has 1 saturated carbocycles. The number of rotatable bonds is 10. The predicted octanol–water partition coefficient (Wildman–Crippen LogP) is 1.51. The second-order valence-corrected chi connectivity index (χ2v) is 10.2. The van der Waals surface area contributed by atoms with Gasteiger partial charge in [-0.15, -0.1) is 0 Å². The third-order valence-electron chi connectivity index (χ3n) is 6.14. The number of hydrogen-bond donors (Lipinski definition) is 4. The van der Waals surface area contributed by atoms with Gasteiger partial charge >= 0.3 is 0 Å². The van der Waals surface area contributed by atoms with E-state index in [2.05, 4.69) is 31.4 Å². The SMILES string of the molecule is COC[C@H](CC(C)(C)C)NC(=O)[C@@H]1C[C@H]2C[C@H]2N1C(=O)CNc1ccccc1C(=N)C(N)=O. The number of nitrogens with one attached hydrogen (secondary N) is 3. The summed E-state index contributed by atoms with van der Waals surface area (Å²) in [5.41, 5.74) is 5.76. The number of hydrogen-bond acceptors (Lipinski definition) is 6. The van der Waals surface area contributed by atoms with Gasteiger partial charge in [-0.05, 0) is 36.7 Å². The number of primary amides is 1. The number of ether oxygens (including phenoxy) is 1. The summed E-state index contributed by atoms with van der Waals surface area (Å²) in [4.78, 5) is 39.4. The van der Waals surface area contributed by atoms with Gasteiger partial charge in [0.2, 0.25) is 11.8 Å². The third kappa shape index (κ3) is 6.10. The van der Waals surface area contributed by atoms with Crippen LogP contribution in [0.5, 0.6) is 0 Å². The lowest BCUT2D eigenvalue weighted by Crippen LogP contribution is -2.52. The van der Waals surface area contributed by atoms with Crippen molar-refractivity contribution in [3.63, 3.8) is 0 Å². The molecule has 1 heterocycles. The molecule has 0 bridgehead atoms. The maximum Gasteiger partial charge on any atom is 0.267 e. The molecule has 0 radical (unpaired) electrons. The Morgan fingerprint density at radius 1 is 1.24 bits per heavy atom. The first-order valence-corrected chi connectivity index (χ1v) is 11.3. The van der Waals surface area contributed by atoms with E-state index in [9.17, 15) is 14.4 Å².